The highest BCUT2D eigenvalue weighted by Gasteiger charge is 2.16. The monoisotopic (exact) mass is 358 g/mol. The number of carbonyl (C=O) groups excluding carboxylic acids is 1. The lowest BCUT2D eigenvalue weighted by molar-refractivity contribution is -0.122. The van der Waals surface area contributed by atoms with E-state index in [1.807, 2.05) is 55.5 Å². The Kier molecular flexibility index (Phi) is 6.39. The molecule has 0 bridgehead atoms. The van der Waals surface area contributed by atoms with Crippen LogP contribution in [0.1, 0.15) is 18.1 Å². The summed E-state index contributed by atoms with van der Waals surface area (Å²) in [6.07, 6.45) is 1.32. The van der Waals surface area contributed by atoms with Crippen molar-refractivity contribution in [3.63, 3.8) is 0 Å². The molecule has 1 amide bonds. The van der Waals surface area contributed by atoms with Gasteiger partial charge in [0.1, 0.15) is 0 Å². The number of nitrogens with one attached hydrogen (secondary N) is 1. The van der Waals surface area contributed by atoms with Crippen LogP contribution >= 0.6 is 0 Å². The van der Waals surface area contributed by atoms with Gasteiger partial charge in [-0.05, 0) is 42.0 Å². The van der Waals surface area contributed by atoms with Crippen molar-refractivity contribution in [2.45, 2.75) is 31.8 Å². The zero-order valence-corrected chi connectivity index (χ0v) is 15.6. The van der Waals surface area contributed by atoms with Crippen LogP contribution in [0.5, 0.6) is 0 Å². The first-order valence-electron chi connectivity index (χ1n) is 9.36. The Bertz CT molecular complexity index is 845. The highest BCUT2D eigenvalue weighted by Crippen LogP contribution is 2.19. The van der Waals surface area contributed by atoms with Gasteiger partial charge in [0.2, 0.25) is 5.91 Å². The predicted molar refractivity (Wildman–Crippen MR) is 111 cm³/mol. The molecular weight excluding hydrogens is 332 g/mol. The summed E-state index contributed by atoms with van der Waals surface area (Å²) in [6.45, 7) is 2.01. The summed E-state index contributed by atoms with van der Waals surface area (Å²) in [5.74, 6) is -0.106. The molecule has 3 aromatic rings. The van der Waals surface area contributed by atoms with Crippen LogP contribution in [0.3, 0.4) is 0 Å². The van der Waals surface area contributed by atoms with Crippen LogP contribution in [0, 0.1) is 0 Å². The zero-order valence-electron chi connectivity index (χ0n) is 15.6. The Morgan fingerprint density at radius 2 is 1.30 bits per heavy atom. The van der Waals surface area contributed by atoms with Gasteiger partial charge in [0.25, 0.3) is 0 Å². The molecule has 0 saturated heterocycles. The highest BCUT2D eigenvalue weighted by molar-refractivity contribution is 5.82. The van der Waals surface area contributed by atoms with Crippen molar-refractivity contribution < 1.29 is 4.79 Å². The van der Waals surface area contributed by atoms with Crippen molar-refractivity contribution in [2.75, 3.05) is 0 Å². The van der Waals surface area contributed by atoms with Gasteiger partial charge in [-0.1, -0.05) is 84.9 Å². The maximum atomic E-state index is 12.4. The first-order chi connectivity index (χ1) is 13.1. The molecule has 138 valence electrons. The lowest BCUT2D eigenvalue weighted by Crippen LogP contribution is -2.46. The van der Waals surface area contributed by atoms with E-state index in [9.17, 15) is 4.79 Å². The minimum Gasteiger partial charge on any atom is -0.352 e. The molecule has 2 atom stereocenters. The molecular formula is C24H26N2O. The Morgan fingerprint density at radius 1 is 0.778 bits per heavy atom. The van der Waals surface area contributed by atoms with E-state index in [-0.39, 0.29) is 11.9 Å². The molecule has 0 unspecified atom stereocenters. The Balaban J connectivity index is 1.53. The summed E-state index contributed by atoms with van der Waals surface area (Å²) in [5, 5.41) is 3.02. The van der Waals surface area contributed by atoms with Crippen molar-refractivity contribution in [3.05, 3.63) is 96.1 Å². The molecule has 0 saturated carbocycles. The van der Waals surface area contributed by atoms with E-state index >= 15 is 0 Å². The van der Waals surface area contributed by atoms with Crippen molar-refractivity contribution in [3.8, 4) is 11.1 Å². The molecule has 0 fully saturated rings. The number of rotatable bonds is 7. The van der Waals surface area contributed by atoms with E-state index < -0.39 is 6.04 Å². The van der Waals surface area contributed by atoms with E-state index in [1.54, 1.807) is 0 Å². The zero-order chi connectivity index (χ0) is 19.1. The molecule has 3 aromatic carbocycles. The molecule has 0 spiro atoms. The molecule has 0 aliphatic rings. The second-order valence-electron chi connectivity index (χ2n) is 6.97. The number of hydrogen-bond donors (Lipinski definition) is 2. The molecule has 0 heterocycles. The largest absolute Gasteiger partial charge is 0.352 e. The maximum absolute atomic E-state index is 12.4. The number of carbonyl (C=O) groups is 1. The highest BCUT2D eigenvalue weighted by atomic mass is 16.2. The Labute approximate surface area is 161 Å². The number of amides is 1. The van der Waals surface area contributed by atoms with E-state index in [4.69, 9.17) is 5.73 Å². The molecule has 3 rings (SSSR count). The molecule has 0 aliphatic heterocycles. The topological polar surface area (TPSA) is 55.1 Å². The van der Waals surface area contributed by atoms with Gasteiger partial charge in [0.15, 0.2) is 0 Å². The van der Waals surface area contributed by atoms with E-state index in [2.05, 4.69) is 41.7 Å². The maximum Gasteiger partial charge on any atom is 0.237 e. The third kappa shape index (κ3) is 5.53. The molecule has 3 nitrogen and oxygen atoms in total. The summed E-state index contributed by atoms with van der Waals surface area (Å²) in [5.41, 5.74) is 10.7. The quantitative estimate of drug-likeness (QED) is 0.671. The average molecular weight is 358 g/mol. The molecule has 0 aromatic heterocycles. The van der Waals surface area contributed by atoms with Gasteiger partial charge in [-0.2, -0.15) is 0 Å². The van der Waals surface area contributed by atoms with E-state index in [1.165, 1.54) is 11.1 Å². The fraction of sp³-hybridized carbons (Fsp3) is 0.208. The normalized spacial score (nSPS) is 13.0. The summed E-state index contributed by atoms with van der Waals surface area (Å²) in [4.78, 5) is 12.4. The van der Waals surface area contributed by atoms with Crippen LogP contribution < -0.4 is 11.1 Å². The van der Waals surface area contributed by atoms with Gasteiger partial charge in [-0.25, -0.2) is 0 Å². The number of hydrogen-bond acceptors (Lipinski definition) is 2. The Hall–Kier alpha value is -2.91. The third-order valence-electron chi connectivity index (χ3n) is 4.63. The van der Waals surface area contributed by atoms with E-state index in [0.29, 0.717) is 6.42 Å². The molecule has 3 heteroatoms. The van der Waals surface area contributed by atoms with Crippen molar-refractivity contribution in [2.24, 2.45) is 5.73 Å². The van der Waals surface area contributed by atoms with Crippen LogP contribution in [-0.2, 0) is 17.6 Å². The van der Waals surface area contributed by atoms with Crippen molar-refractivity contribution >= 4 is 5.91 Å². The first kappa shape index (κ1) is 18.9. The average Bonchev–Trinajstić information content (AvgIpc) is 2.70. The fourth-order valence-corrected chi connectivity index (χ4v) is 3.18. The minimum atomic E-state index is -0.550. The number of benzene rings is 3. The van der Waals surface area contributed by atoms with Gasteiger partial charge in [0.05, 0.1) is 6.04 Å². The molecule has 0 aliphatic carbocycles. The Morgan fingerprint density at radius 3 is 1.93 bits per heavy atom. The fourth-order valence-electron chi connectivity index (χ4n) is 3.18. The number of nitrogens with two attached hydrogens (primary N) is 1. The van der Waals surface area contributed by atoms with Gasteiger partial charge in [0, 0.05) is 6.04 Å². The summed E-state index contributed by atoms with van der Waals surface area (Å²) < 4.78 is 0. The predicted octanol–water partition coefficient (Wildman–Crippen LogP) is 3.97. The van der Waals surface area contributed by atoms with Gasteiger partial charge in [-0.3, -0.25) is 4.79 Å². The minimum absolute atomic E-state index is 0.0476. The van der Waals surface area contributed by atoms with Crippen LogP contribution in [0.4, 0.5) is 0 Å². The van der Waals surface area contributed by atoms with Crippen LogP contribution in [-0.4, -0.2) is 18.0 Å². The van der Waals surface area contributed by atoms with Gasteiger partial charge >= 0.3 is 0 Å². The molecule has 27 heavy (non-hydrogen) atoms. The van der Waals surface area contributed by atoms with Gasteiger partial charge in [-0.15, -0.1) is 0 Å². The first-order valence-corrected chi connectivity index (χ1v) is 9.36. The van der Waals surface area contributed by atoms with Crippen LogP contribution in [0.2, 0.25) is 0 Å². The van der Waals surface area contributed by atoms with Gasteiger partial charge < -0.3 is 11.1 Å². The molecule has 0 radical (unpaired) electrons. The lowest BCUT2D eigenvalue weighted by Gasteiger charge is -2.18. The van der Waals surface area contributed by atoms with Crippen LogP contribution in [0.25, 0.3) is 11.1 Å². The summed E-state index contributed by atoms with van der Waals surface area (Å²) in [7, 11) is 0. The van der Waals surface area contributed by atoms with E-state index in [0.717, 1.165) is 17.5 Å². The third-order valence-corrected chi connectivity index (χ3v) is 4.63. The summed E-state index contributed by atoms with van der Waals surface area (Å²) in [6, 6.07) is 28.1. The standard InChI is InChI=1S/C24H26N2O/c1-18(16-19-8-4-2-5-9-19)26-24(27)23(25)17-20-12-14-22(15-13-20)21-10-6-3-7-11-21/h2-15,18,23H,16-17,25H2,1H3,(H,26,27)/t18-,23-/m0/s1. The second kappa shape index (κ2) is 9.15. The summed E-state index contributed by atoms with van der Waals surface area (Å²) >= 11 is 0. The smallest absolute Gasteiger partial charge is 0.237 e. The SMILES string of the molecule is C[C@@H](Cc1ccccc1)NC(=O)[C@@H](N)Cc1ccc(-c2ccccc2)cc1. The second-order valence-corrected chi connectivity index (χ2v) is 6.97. The molecule has 3 N–H and O–H groups in total. The van der Waals surface area contributed by atoms with Crippen molar-refractivity contribution in [1.82, 2.24) is 5.32 Å². The van der Waals surface area contributed by atoms with Crippen LogP contribution in [0.15, 0.2) is 84.9 Å². The van der Waals surface area contributed by atoms with Crippen molar-refractivity contribution in [1.29, 1.82) is 0 Å². The lowest BCUT2D eigenvalue weighted by atomic mass is 10.0.